The van der Waals surface area contributed by atoms with Crippen molar-refractivity contribution in [2.75, 3.05) is 6.54 Å². The average Bonchev–Trinajstić information content (AvgIpc) is 3.28. The van der Waals surface area contributed by atoms with Crippen molar-refractivity contribution in [2.24, 2.45) is 7.05 Å². The van der Waals surface area contributed by atoms with Crippen molar-refractivity contribution in [3.8, 4) is 5.75 Å². The van der Waals surface area contributed by atoms with Gasteiger partial charge in [0.15, 0.2) is 0 Å². The Morgan fingerprint density at radius 1 is 0.923 bits per heavy atom. The maximum absolute atomic E-state index is 13.3. The molecule has 0 saturated heterocycles. The van der Waals surface area contributed by atoms with Gasteiger partial charge in [-0.2, -0.15) is 5.10 Å². The van der Waals surface area contributed by atoms with Crippen LogP contribution in [0.1, 0.15) is 49.6 Å². The lowest BCUT2D eigenvalue weighted by molar-refractivity contribution is -0.131. The number of rotatable bonds is 8. The standard InChI is InChI=1S/C32H34N4O3/c1-22-12-13-25(16-23(22)2)18-30(37)36-15-14-29-28(20-36)31(35(3)34-29)32(38)33-19-26-10-7-11-27(17-26)39-21-24-8-5-4-6-9-24/h4-13,16-17H,14-15,18-21H2,1-3H3,(H,33,38). The van der Waals surface area contributed by atoms with E-state index < -0.39 is 0 Å². The van der Waals surface area contributed by atoms with Crippen molar-refractivity contribution in [1.82, 2.24) is 20.0 Å². The van der Waals surface area contributed by atoms with Gasteiger partial charge >= 0.3 is 0 Å². The number of carbonyl (C=O) groups excluding carboxylic acids is 2. The molecule has 0 radical (unpaired) electrons. The Hall–Kier alpha value is -4.39. The number of nitrogens with zero attached hydrogens (tertiary/aromatic N) is 3. The van der Waals surface area contributed by atoms with E-state index in [2.05, 4.69) is 36.4 Å². The summed E-state index contributed by atoms with van der Waals surface area (Å²) in [4.78, 5) is 28.3. The van der Waals surface area contributed by atoms with Crippen molar-refractivity contribution in [3.63, 3.8) is 0 Å². The molecular weight excluding hydrogens is 488 g/mol. The van der Waals surface area contributed by atoms with Gasteiger partial charge in [-0.05, 0) is 53.8 Å². The van der Waals surface area contributed by atoms with Crippen molar-refractivity contribution in [3.05, 3.63) is 118 Å². The van der Waals surface area contributed by atoms with E-state index >= 15 is 0 Å². The highest BCUT2D eigenvalue weighted by Crippen LogP contribution is 2.23. The molecule has 2 heterocycles. The average molecular weight is 523 g/mol. The number of aryl methyl sites for hydroxylation is 3. The number of ether oxygens (including phenoxy) is 1. The van der Waals surface area contributed by atoms with Crippen LogP contribution in [0.15, 0.2) is 72.8 Å². The van der Waals surface area contributed by atoms with Crippen LogP contribution >= 0.6 is 0 Å². The van der Waals surface area contributed by atoms with Crippen LogP contribution in [0.25, 0.3) is 0 Å². The molecule has 0 spiro atoms. The molecule has 0 aliphatic carbocycles. The summed E-state index contributed by atoms with van der Waals surface area (Å²) in [7, 11) is 1.78. The normalized spacial score (nSPS) is 12.6. The summed E-state index contributed by atoms with van der Waals surface area (Å²) >= 11 is 0. The Bertz CT molecular complexity index is 1490. The lowest BCUT2D eigenvalue weighted by Crippen LogP contribution is -2.37. The Morgan fingerprint density at radius 3 is 2.51 bits per heavy atom. The highest BCUT2D eigenvalue weighted by molar-refractivity contribution is 5.94. The number of aromatic nitrogens is 2. The van der Waals surface area contributed by atoms with E-state index in [1.54, 1.807) is 11.7 Å². The second-order valence-corrected chi connectivity index (χ2v) is 10.2. The second kappa shape index (κ2) is 11.6. The smallest absolute Gasteiger partial charge is 0.270 e. The molecule has 1 aliphatic rings. The summed E-state index contributed by atoms with van der Waals surface area (Å²) in [6, 6.07) is 23.9. The maximum atomic E-state index is 13.3. The monoisotopic (exact) mass is 522 g/mol. The number of amides is 2. The molecule has 1 aromatic heterocycles. The van der Waals surface area contributed by atoms with Gasteiger partial charge in [0.25, 0.3) is 5.91 Å². The topological polar surface area (TPSA) is 76.5 Å². The summed E-state index contributed by atoms with van der Waals surface area (Å²) in [6.07, 6.45) is 0.983. The van der Waals surface area contributed by atoms with Crippen molar-refractivity contribution in [2.45, 2.75) is 46.4 Å². The van der Waals surface area contributed by atoms with Crippen LogP contribution in [0.4, 0.5) is 0 Å². The number of carbonyl (C=O) groups is 2. The number of hydrogen-bond acceptors (Lipinski definition) is 4. The van der Waals surface area contributed by atoms with Crippen molar-refractivity contribution in [1.29, 1.82) is 0 Å². The Balaban J connectivity index is 1.22. The minimum atomic E-state index is -0.203. The first-order valence-corrected chi connectivity index (χ1v) is 13.3. The fraction of sp³-hybridized carbons (Fsp3) is 0.281. The first kappa shape index (κ1) is 26.2. The third-order valence-corrected chi connectivity index (χ3v) is 7.29. The lowest BCUT2D eigenvalue weighted by Gasteiger charge is -2.27. The van der Waals surface area contributed by atoms with Gasteiger partial charge in [0.2, 0.25) is 5.91 Å². The minimum absolute atomic E-state index is 0.0615. The molecule has 4 aromatic rings. The molecule has 7 nitrogen and oxygen atoms in total. The molecule has 39 heavy (non-hydrogen) atoms. The van der Waals surface area contributed by atoms with E-state index in [0.29, 0.717) is 44.8 Å². The fourth-order valence-corrected chi connectivity index (χ4v) is 4.95. The molecule has 0 bridgehead atoms. The van der Waals surface area contributed by atoms with E-state index in [-0.39, 0.29) is 11.8 Å². The number of fused-ring (bicyclic) bond motifs is 1. The third kappa shape index (κ3) is 6.20. The second-order valence-electron chi connectivity index (χ2n) is 10.2. The maximum Gasteiger partial charge on any atom is 0.270 e. The molecule has 1 aliphatic heterocycles. The molecule has 0 atom stereocenters. The van der Waals surface area contributed by atoms with E-state index in [9.17, 15) is 9.59 Å². The zero-order valence-electron chi connectivity index (χ0n) is 22.7. The Kier molecular flexibility index (Phi) is 7.77. The largest absolute Gasteiger partial charge is 0.489 e. The molecule has 0 fully saturated rings. The van der Waals surface area contributed by atoms with Gasteiger partial charge in [0.05, 0.1) is 12.1 Å². The van der Waals surface area contributed by atoms with Gasteiger partial charge < -0.3 is 15.0 Å². The van der Waals surface area contributed by atoms with Crippen LogP contribution in [0.5, 0.6) is 5.75 Å². The predicted molar refractivity (Wildman–Crippen MR) is 150 cm³/mol. The quantitative estimate of drug-likeness (QED) is 0.365. The molecule has 1 N–H and O–H groups in total. The summed E-state index contributed by atoms with van der Waals surface area (Å²) in [5, 5.41) is 7.62. The van der Waals surface area contributed by atoms with Crippen LogP contribution in [-0.4, -0.2) is 33.0 Å². The SMILES string of the molecule is Cc1ccc(CC(=O)N2CCc3nn(C)c(C(=O)NCc4cccc(OCc5ccccc5)c4)c3C2)cc1C. The van der Waals surface area contributed by atoms with Crippen LogP contribution in [0, 0.1) is 13.8 Å². The van der Waals surface area contributed by atoms with Gasteiger partial charge in [0.1, 0.15) is 18.1 Å². The van der Waals surface area contributed by atoms with Gasteiger partial charge in [-0.25, -0.2) is 0 Å². The zero-order valence-corrected chi connectivity index (χ0v) is 22.7. The van der Waals surface area contributed by atoms with Crippen LogP contribution in [0.3, 0.4) is 0 Å². The molecule has 0 saturated carbocycles. The van der Waals surface area contributed by atoms with Gasteiger partial charge in [-0.15, -0.1) is 0 Å². The van der Waals surface area contributed by atoms with E-state index in [4.69, 9.17) is 4.74 Å². The summed E-state index contributed by atoms with van der Waals surface area (Å²) < 4.78 is 7.57. The summed E-state index contributed by atoms with van der Waals surface area (Å²) in [6.45, 7) is 5.96. The first-order valence-electron chi connectivity index (χ1n) is 13.3. The first-order chi connectivity index (χ1) is 18.9. The molecule has 2 amide bonds. The summed E-state index contributed by atoms with van der Waals surface area (Å²) in [5.41, 5.74) is 7.66. The van der Waals surface area contributed by atoms with Crippen LogP contribution in [-0.2, 0) is 44.4 Å². The summed E-state index contributed by atoms with van der Waals surface area (Å²) in [5.74, 6) is 0.609. The lowest BCUT2D eigenvalue weighted by atomic mass is 10.0. The van der Waals surface area contributed by atoms with Crippen molar-refractivity contribution >= 4 is 11.8 Å². The van der Waals surface area contributed by atoms with E-state index in [1.165, 1.54) is 11.1 Å². The van der Waals surface area contributed by atoms with Gasteiger partial charge in [-0.3, -0.25) is 14.3 Å². The molecule has 5 rings (SSSR count). The van der Waals surface area contributed by atoms with Gasteiger partial charge in [0, 0.05) is 38.7 Å². The third-order valence-electron chi connectivity index (χ3n) is 7.29. The predicted octanol–water partition coefficient (Wildman–Crippen LogP) is 4.67. The molecule has 7 heteroatoms. The molecule has 0 unspecified atom stereocenters. The Morgan fingerprint density at radius 2 is 1.72 bits per heavy atom. The number of hydrogen-bond donors (Lipinski definition) is 1. The molecule has 200 valence electrons. The highest BCUT2D eigenvalue weighted by atomic mass is 16.5. The Labute approximate surface area is 229 Å². The number of benzene rings is 3. The highest BCUT2D eigenvalue weighted by Gasteiger charge is 2.29. The number of nitrogens with one attached hydrogen (secondary N) is 1. The molecule has 3 aromatic carbocycles. The van der Waals surface area contributed by atoms with Crippen molar-refractivity contribution < 1.29 is 14.3 Å². The van der Waals surface area contributed by atoms with E-state index in [1.807, 2.05) is 65.6 Å². The van der Waals surface area contributed by atoms with Crippen LogP contribution in [0.2, 0.25) is 0 Å². The minimum Gasteiger partial charge on any atom is -0.489 e. The fourth-order valence-electron chi connectivity index (χ4n) is 4.95. The zero-order chi connectivity index (χ0) is 27.4. The van der Waals surface area contributed by atoms with Crippen LogP contribution < -0.4 is 10.1 Å². The molecular formula is C32H34N4O3. The van der Waals surface area contributed by atoms with Gasteiger partial charge in [-0.1, -0.05) is 60.7 Å². The van der Waals surface area contributed by atoms with E-state index in [0.717, 1.165) is 33.7 Å².